The summed E-state index contributed by atoms with van der Waals surface area (Å²) in [6.45, 7) is 9.12. The molecular weight excluding hydrogens is 532 g/mol. The SMILES string of the molecule is CC1(C)CCN(Cc2cc3ccc(Cn4cc(-c5cc([N+](=O)[O-])cc6c5cnn6C5CCCCO5)nn4)cc3[nH]2)CC1. The number of aromatic amines is 1. The zero-order valence-corrected chi connectivity index (χ0v) is 24.1. The van der Waals surface area contributed by atoms with E-state index in [1.54, 1.807) is 27.7 Å². The number of hydrogen-bond acceptors (Lipinski definition) is 7. The van der Waals surface area contributed by atoms with Gasteiger partial charge in [-0.05, 0) is 73.7 Å². The van der Waals surface area contributed by atoms with Crippen molar-refractivity contribution in [1.82, 2.24) is 34.7 Å². The highest BCUT2D eigenvalue weighted by Gasteiger charge is 2.26. The number of fused-ring (bicyclic) bond motifs is 2. The second-order valence-electron chi connectivity index (χ2n) is 12.6. The first-order valence-electron chi connectivity index (χ1n) is 14.8. The summed E-state index contributed by atoms with van der Waals surface area (Å²) in [6, 6.07) is 11.8. The molecule has 3 aromatic heterocycles. The first kappa shape index (κ1) is 26.8. The van der Waals surface area contributed by atoms with E-state index in [1.165, 1.54) is 23.9 Å². The average Bonchev–Trinajstić information content (AvgIpc) is 3.72. The topological polar surface area (TPSA) is 120 Å². The molecule has 0 radical (unpaired) electrons. The maximum Gasteiger partial charge on any atom is 0.272 e. The third-order valence-electron chi connectivity index (χ3n) is 8.85. The Labute approximate surface area is 243 Å². The number of nitro benzene ring substituents is 1. The normalized spacial score (nSPS) is 19.5. The molecule has 2 aliphatic heterocycles. The van der Waals surface area contributed by atoms with Crippen LogP contribution in [-0.4, -0.2) is 59.3 Å². The number of nitro groups is 1. The molecule has 218 valence electrons. The fraction of sp³-hybridized carbons (Fsp3) is 0.452. The molecule has 5 heterocycles. The molecule has 0 amide bonds. The van der Waals surface area contributed by atoms with E-state index in [9.17, 15) is 10.1 Å². The summed E-state index contributed by atoms with van der Waals surface area (Å²) in [7, 11) is 0. The number of non-ortho nitro benzene ring substituents is 1. The van der Waals surface area contributed by atoms with Crippen molar-refractivity contribution >= 4 is 27.5 Å². The number of benzene rings is 2. The van der Waals surface area contributed by atoms with E-state index in [0.29, 0.717) is 35.3 Å². The summed E-state index contributed by atoms with van der Waals surface area (Å²) in [5, 5.41) is 27.2. The Kier molecular flexibility index (Phi) is 6.78. The lowest BCUT2D eigenvalue weighted by Crippen LogP contribution is -2.36. The fourth-order valence-electron chi connectivity index (χ4n) is 6.26. The molecule has 2 aliphatic rings. The highest BCUT2D eigenvalue weighted by Crippen LogP contribution is 2.35. The number of nitrogens with zero attached hydrogens (tertiary/aromatic N) is 7. The van der Waals surface area contributed by atoms with Crippen LogP contribution in [0.3, 0.4) is 0 Å². The van der Waals surface area contributed by atoms with Crippen LogP contribution < -0.4 is 0 Å². The van der Waals surface area contributed by atoms with Gasteiger partial charge in [-0.2, -0.15) is 5.10 Å². The van der Waals surface area contributed by atoms with Gasteiger partial charge in [-0.1, -0.05) is 31.2 Å². The summed E-state index contributed by atoms with van der Waals surface area (Å²) in [4.78, 5) is 17.6. The first-order valence-corrected chi connectivity index (χ1v) is 14.8. The minimum atomic E-state index is -0.377. The Balaban J connectivity index is 1.12. The lowest BCUT2D eigenvalue weighted by atomic mass is 9.83. The summed E-state index contributed by atoms with van der Waals surface area (Å²) in [5.74, 6) is 0. The van der Waals surface area contributed by atoms with Gasteiger partial charge >= 0.3 is 0 Å². The van der Waals surface area contributed by atoms with Crippen LogP contribution in [0.5, 0.6) is 0 Å². The number of hydrogen-bond donors (Lipinski definition) is 1. The maximum absolute atomic E-state index is 11.8. The van der Waals surface area contributed by atoms with Gasteiger partial charge in [0.2, 0.25) is 0 Å². The predicted molar refractivity (Wildman–Crippen MR) is 160 cm³/mol. The van der Waals surface area contributed by atoms with Crippen LogP contribution in [-0.2, 0) is 17.8 Å². The number of ether oxygens (including phenoxy) is 1. The maximum atomic E-state index is 11.8. The highest BCUT2D eigenvalue weighted by molar-refractivity contribution is 5.95. The Bertz CT molecular complexity index is 1750. The number of rotatable bonds is 7. The Morgan fingerprint density at radius 1 is 1.12 bits per heavy atom. The van der Waals surface area contributed by atoms with E-state index in [1.807, 2.05) is 6.20 Å². The summed E-state index contributed by atoms with van der Waals surface area (Å²) in [5.41, 5.74) is 5.75. The van der Waals surface area contributed by atoms with E-state index < -0.39 is 0 Å². The van der Waals surface area contributed by atoms with Crippen LogP contribution in [0.4, 0.5) is 5.69 Å². The van der Waals surface area contributed by atoms with Crippen molar-refractivity contribution in [2.24, 2.45) is 5.41 Å². The lowest BCUT2D eigenvalue weighted by molar-refractivity contribution is -0.384. The molecule has 2 fully saturated rings. The van der Waals surface area contributed by atoms with E-state index in [4.69, 9.17) is 4.74 Å². The van der Waals surface area contributed by atoms with Crippen LogP contribution >= 0.6 is 0 Å². The second-order valence-corrected chi connectivity index (χ2v) is 12.6. The zero-order valence-electron chi connectivity index (χ0n) is 24.1. The third-order valence-corrected chi connectivity index (χ3v) is 8.85. The summed E-state index contributed by atoms with van der Waals surface area (Å²) in [6.07, 6.45) is 8.70. The molecule has 11 heteroatoms. The van der Waals surface area contributed by atoms with Crippen LogP contribution in [0.1, 0.15) is 63.4 Å². The largest absolute Gasteiger partial charge is 0.357 e. The number of aromatic nitrogens is 6. The molecule has 1 atom stereocenters. The highest BCUT2D eigenvalue weighted by atomic mass is 16.6. The fourth-order valence-corrected chi connectivity index (χ4v) is 6.26. The van der Waals surface area contributed by atoms with Crippen molar-refractivity contribution in [2.45, 2.75) is 65.3 Å². The summed E-state index contributed by atoms with van der Waals surface area (Å²) < 4.78 is 9.46. The molecule has 1 N–H and O–H groups in total. The third kappa shape index (κ3) is 5.30. The Hall–Kier alpha value is -4.09. The standard InChI is InChI=1S/C31H36N8O3/c1-31(2)8-10-36(11-9-31)19-23-14-22-7-6-21(13-27(22)33-23)18-37-20-28(34-35-37)25-15-24(39(40)41)16-29-26(25)17-32-38(29)30-5-3-4-12-42-30/h6-7,13-17,20,30,33H,3-5,8-12,18-19H2,1-2H3. The van der Waals surface area contributed by atoms with Gasteiger partial charge in [0.1, 0.15) is 5.69 Å². The van der Waals surface area contributed by atoms with Gasteiger partial charge in [0, 0.05) is 47.4 Å². The predicted octanol–water partition coefficient (Wildman–Crippen LogP) is 6.05. The number of piperidine rings is 1. The minimum absolute atomic E-state index is 0.00845. The van der Waals surface area contributed by atoms with Crippen molar-refractivity contribution in [3.8, 4) is 11.3 Å². The zero-order chi connectivity index (χ0) is 28.8. The van der Waals surface area contributed by atoms with Gasteiger partial charge in [0.15, 0.2) is 6.23 Å². The number of likely N-dealkylation sites (tertiary alicyclic amines) is 1. The minimum Gasteiger partial charge on any atom is -0.357 e. The number of nitrogens with one attached hydrogen (secondary N) is 1. The van der Waals surface area contributed by atoms with Crippen LogP contribution in [0.25, 0.3) is 33.1 Å². The van der Waals surface area contributed by atoms with Crippen LogP contribution in [0.15, 0.2) is 48.8 Å². The van der Waals surface area contributed by atoms with E-state index >= 15 is 0 Å². The molecule has 2 aromatic carbocycles. The molecule has 11 nitrogen and oxygen atoms in total. The van der Waals surface area contributed by atoms with Crippen LogP contribution in [0, 0.1) is 15.5 Å². The molecule has 0 saturated carbocycles. The first-order chi connectivity index (χ1) is 20.3. The van der Waals surface area contributed by atoms with Crippen molar-refractivity contribution in [3.63, 3.8) is 0 Å². The van der Waals surface area contributed by atoms with E-state index in [0.717, 1.165) is 55.4 Å². The molecule has 2 saturated heterocycles. The van der Waals surface area contributed by atoms with E-state index in [2.05, 4.69) is 63.4 Å². The Morgan fingerprint density at radius 2 is 1.98 bits per heavy atom. The van der Waals surface area contributed by atoms with E-state index in [-0.39, 0.29) is 16.8 Å². The van der Waals surface area contributed by atoms with Crippen LogP contribution in [0.2, 0.25) is 0 Å². The molecule has 7 rings (SSSR count). The molecule has 0 spiro atoms. The monoisotopic (exact) mass is 568 g/mol. The molecule has 1 unspecified atom stereocenters. The van der Waals surface area contributed by atoms with Gasteiger partial charge in [-0.25, -0.2) is 9.36 Å². The van der Waals surface area contributed by atoms with Gasteiger partial charge in [0.05, 0.1) is 29.4 Å². The summed E-state index contributed by atoms with van der Waals surface area (Å²) >= 11 is 0. The van der Waals surface area contributed by atoms with Gasteiger partial charge < -0.3 is 9.72 Å². The molecule has 42 heavy (non-hydrogen) atoms. The molecule has 5 aromatic rings. The number of H-pyrrole nitrogens is 1. The smallest absolute Gasteiger partial charge is 0.272 e. The second kappa shape index (κ2) is 10.6. The van der Waals surface area contributed by atoms with Gasteiger partial charge in [-0.3, -0.25) is 15.0 Å². The Morgan fingerprint density at radius 3 is 2.76 bits per heavy atom. The van der Waals surface area contributed by atoms with Gasteiger partial charge in [0.25, 0.3) is 5.69 Å². The van der Waals surface area contributed by atoms with Crippen molar-refractivity contribution in [1.29, 1.82) is 0 Å². The average molecular weight is 569 g/mol. The molecule has 0 bridgehead atoms. The van der Waals surface area contributed by atoms with Crippen molar-refractivity contribution < 1.29 is 9.66 Å². The van der Waals surface area contributed by atoms with Crippen molar-refractivity contribution in [3.05, 3.63) is 70.2 Å². The molecular formula is C31H36N8O3. The van der Waals surface area contributed by atoms with Gasteiger partial charge in [-0.15, -0.1) is 5.10 Å². The van der Waals surface area contributed by atoms with Crippen molar-refractivity contribution in [2.75, 3.05) is 19.7 Å². The lowest BCUT2D eigenvalue weighted by Gasteiger charge is -2.36. The quantitative estimate of drug-likeness (QED) is 0.187. The molecule has 0 aliphatic carbocycles.